The summed E-state index contributed by atoms with van der Waals surface area (Å²) in [5.74, 6) is 0. The third-order valence-corrected chi connectivity index (χ3v) is 4.45. The summed E-state index contributed by atoms with van der Waals surface area (Å²) in [5, 5.41) is 0.113. The van der Waals surface area contributed by atoms with Gasteiger partial charge in [0, 0.05) is 7.26 Å². The number of rotatable bonds is 1. The molecule has 0 unspecified atom stereocenters. The first-order valence-electron chi connectivity index (χ1n) is 2.64. The lowest BCUT2D eigenvalue weighted by atomic mass is 11.0. The molecular weight excluding hydrogens is 188 g/mol. The summed E-state index contributed by atoms with van der Waals surface area (Å²) in [5.41, 5.74) is 0. The Kier molecular flexibility index (Phi) is 3.66. The molecule has 0 aromatic heterocycles. The van der Waals surface area contributed by atoms with Crippen molar-refractivity contribution in [2.24, 2.45) is 0 Å². The average Bonchev–Trinajstić information content (AvgIpc) is 1.83. The molecule has 0 N–H and O–H groups in total. The van der Waals surface area contributed by atoms with Gasteiger partial charge in [-0.1, -0.05) is 11.6 Å². The molecule has 56 valence electrons. The van der Waals surface area contributed by atoms with Gasteiger partial charge in [-0.2, -0.15) is 0 Å². The normalized spacial score (nSPS) is 14.0. The average molecular weight is 197 g/mol. The zero-order valence-electron chi connectivity index (χ0n) is 6.15. The topological polar surface area (TPSA) is 4.36 Å². The van der Waals surface area contributed by atoms with Crippen LogP contribution in [0, 0.1) is 6.57 Å². The fourth-order valence-electron chi connectivity index (χ4n) is 0.323. The monoisotopic (exact) mass is 196 g/mol. The smallest absolute Gasteiger partial charge is 0.220 e. The first-order chi connectivity index (χ1) is 4.39. The van der Waals surface area contributed by atoms with E-state index < -0.39 is 7.26 Å². The lowest BCUT2D eigenvalue weighted by molar-refractivity contribution is 1.86. The summed E-state index contributed by atoms with van der Waals surface area (Å²) in [6, 6.07) is 0. The van der Waals surface area contributed by atoms with Crippen molar-refractivity contribution < 1.29 is 0 Å². The Hall–Kier alpha value is 0.240. The fraction of sp³-hybridized carbons (Fsp3) is 0.500. The minimum Gasteiger partial charge on any atom is -0.220 e. The van der Waals surface area contributed by atoms with Crippen LogP contribution in [0.1, 0.15) is 0 Å². The molecule has 0 heterocycles. The molecule has 0 radical (unpaired) electrons. The van der Waals surface area contributed by atoms with Crippen molar-refractivity contribution in [2.45, 2.75) is 0 Å². The number of halogens is 2. The molecule has 0 atom stereocenters. The van der Waals surface area contributed by atoms with Gasteiger partial charge in [-0.25, -0.2) is 4.85 Å². The molecule has 10 heavy (non-hydrogen) atoms. The van der Waals surface area contributed by atoms with Gasteiger partial charge in [-0.3, -0.25) is 0 Å². The molecular formula is C6H9Cl2NP+. The zero-order chi connectivity index (χ0) is 8.36. The molecule has 0 saturated carbocycles. The van der Waals surface area contributed by atoms with E-state index in [1.54, 1.807) is 0 Å². The van der Waals surface area contributed by atoms with Crippen LogP contribution in [0.15, 0.2) is 9.93 Å². The summed E-state index contributed by atoms with van der Waals surface area (Å²) < 4.78 is 0.532. The minimum atomic E-state index is -1.28. The van der Waals surface area contributed by atoms with E-state index in [9.17, 15) is 0 Å². The molecule has 0 fully saturated rings. The molecule has 0 bridgehead atoms. The summed E-state index contributed by atoms with van der Waals surface area (Å²) >= 11 is 11.3. The van der Waals surface area contributed by atoms with Crippen LogP contribution in [0.2, 0.25) is 0 Å². The van der Waals surface area contributed by atoms with E-state index in [0.717, 1.165) is 0 Å². The van der Waals surface area contributed by atoms with Gasteiger partial charge in [-0.15, -0.1) is 11.6 Å². The number of hydrogen-bond acceptors (Lipinski definition) is 0. The van der Waals surface area contributed by atoms with Gasteiger partial charge in [-0.05, 0) is 0 Å². The highest BCUT2D eigenvalue weighted by molar-refractivity contribution is 7.79. The predicted octanol–water partition coefficient (Wildman–Crippen LogP) is 3.42. The molecule has 0 aromatic carbocycles. The second-order valence-corrected chi connectivity index (χ2v) is 8.18. The summed E-state index contributed by atoms with van der Waals surface area (Å²) in [6.07, 6.45) is 0. The Morgan fingerprint density at radius 1 is 1.30 bits per heavy atom. The highest BCUT2D eigenvalue weighted by Crippen LogP contribution is 2.59. The maximum atomic E-state index is 6.59. The second-order valence-electron chi connectivity index (χ2n) is 2.71. The molecule has 0 aromatic rings. The van der Waals surface area contributed by atoms with E-state index in [1.807, 2.05) is 20.0 Å². The van der Waals surface area contributed by atoms with Gasteiger partial charge in [0.25, 0.3) is 0 Å². The summed E-state index contributed by atoms with van der Waals surface area (Å²) in [4.78, 5) is 3.05. The second kappa shape index (κ2) is 3.58. The van der Waals surface area contributed by atoms with Crippen molar-refractivity contribution in [3.05, 3.63) is 21.3 Å². The molecule has 1 nitrogen and oxygen atoms in total. The number of nitrogens with zero attached hydrogens (tertiary/aromatic N) is 1. The molecule has 0 spiro atoms. The van der Waals surface area contributed by atoms with E-state index in [4.69, 9.17) is 29.8 Å². The quantitative estimate of drug-likeness (QED) is 0.344. The Balaban J connectivity index is 4.69. The van der Waals surface area contributed by atoms with Gasteiger partial charge in [0.2, 0.25) is 0 Å². The van der Waals surface area contributed by atoms with Crippen LogP contribution in [-0.2, 0) is 0 Å². The van der Waals surface area contributed by atoms with Crippen LogP contribution >= 0.6 is 30.5 Å². The first-order valence-corrected chi connectivity index (χ1v) is 6.53. The SMILES string of the molecule is [C-]#[N+]/C(Cl)=C(/Cl)[P+](C)(C)C. The van der Waals surface area contributed by atoms with Crippen molar-refractivity contribution in [2.75, 3.05) is 20.0 Å². The van der Waals surface area contributed by atoms with Crippen molar-refractivity contribution >= 4 is 30.5 Å². The molecule has 4 heteroatoms. The van der Waals surface area contributed by atoms with Crippen molar-refractivity contribution in [3.63, 3.8) is 0 Å². The Morgan fingerprint density at radius 2 is 1.70 bits per heavy atom. The maximum absolute atomic E-state index is 6.59. The molecule has 0 saturated heterocycles. The highest BCUT2D eigenvalue weighted by Gasteiger charge is 2.26. The maximum Gasteiger partial charge on any atom is 0.305 e. The van der Waals surface area contributed by atoms with E-state index in [-0.39, 0.29) is 5.16 Å². The minimum absolute atomic E-state index is 0.113. The summed E-state index contributed by atoms with van der Waals surface area (Å²) in [7, 11) is -1.28. The van der Waals surface area contributed by atoms with Gasteiger partial charge >= 0.3 is 5.16 Å². The van der Waals surface area contributed by atoms with Crippen molar-refractivity contribution in [3.8, 4) is 0 Å². The Bertz CT molecular complexity index is 197. The lowest BCUT2D eigenvalue weighted by Gasteiger charge is -2.08. The van der Waals surface area contributed by atoms with Crippen LogP contribution in [0.3, 0.4) is 0 Å². The molecule has 0 rings (SSSR count). The standard InChI is InChI=1S/C6H9Cl2NP/c1-9-5(7)6(8)10(2,3)4/h2-4H3/q+1/b6-5-. The Labute approximate surface area is 72.2 Å². The molecule has 0 amide bonds. The third-order valence-electron chi connectivity index (χ3n) is 0.857. The van der Waals surface area contributed by atoms with Crippen molar-refractivity contribution in [1.29, 1.82) is 0 Å². The van der Waals surface area contributed by atoms with Crippen LogP contribution < -0.4 is 0 Å². The molecule has 0 aliphatic carbocycles. The molecule has 0 aliphatic rings. The zero-order valence-corrected chi connectivity index (χ0v) is 8.56. The van der Waals surface area contributed by atoms with Gasteiger partial charge in [0.15, 0.2) is 4.77 Å². The van der Waals surface area contributed by atoms with Crippen LogP contribution in [0.25, 0.3) is 4.85 Å². The first kappa shape index (κ1) is 10.2. The van der Waals surface area contributed by atoms with E-state index in [1.165, 1.54) is 0 Å². The lowest BCUT2D eigenvalue weighted by Crippen LogP contribution is -1.84. The predicted molar refractivity (Wildman–Crippen MR) is 50.0 cm³/mol. The molecule has 0 aliphatic heterocycles. The summed E-state index contributed by atoms with van der Waals surface area (Å²) in [6.45, 7) is 12.6. The largest absolute Gasteiger partial charge is 0.305 e. The van der Waals surface area contributed by atoms with Crippen molar-refractivity contribution in [1.82, 2.24) is 0 Å². The van der Waals surface area contributed by atoms with Crippen LogP contribution in [0.4, 0.5) is 0 Å². The van der Waals surface area contributed by atoms with E-state index in [0.29, 0.717) is 4.77 Å². The van der Waals surface area contributed by atoms with E-state index >= 15 is 0 Å². The van der Waals surface area contributed by atoms with Gasteiger partial charge in [0.1, 0.15) is 0 Å². The fourth-order valence-corrected chi connectivity index (χ4v) is 1.73. The Morgan fingerprint density at radius 3 is 1.80 bits per heavy atom. The number of hydrogen-bond donors (Lipinski definition) is 0. The highest BCUT2D eigenvalue weighted by atomic mass is 35.5. The van der Waals surface area contributed by atoms with Crippen LogP contribution in [-0.4, -0.2) is 20.0 Å². The van der Waals surface area contributed by atoms with E-state index in [2.05, 4.69) is 4.85 Å². The van der Waals surface area contributed by atoms with Gasteiger partial charge in [0.05, 0.1) is 26.6 Å². The van der Waals surface area contributed by atoms with Gasteiger partial charge < -0.3 is 0 Å². The third kappa shape index (κ3) is 2.88. The van der Waals surface area contributed by atoms with Crippen LogP contribution in [0.5, 0.6) is 0 Å².